The molecule has 0 radical (unpaired) electrons. The Morgan fingerprint density at radius 2 is 1.93 bits per heavy atom. The minimum atomic E-state index is -4.56. The van der Waals surface area contributed by atoms with Crippen molar-refractivity contribution in [1.29, 1.82) is 0 Å². The average Bonchev–Trinajstić information content (AvgIpc) is 2.95. The molecule has 0 aliphatic rings. The molecule has 2 aromatic rings. The third kappa shape index (κ3) is 4.12. The van der Waals surface area contributed by atoms with Gasteiger partial charge in [0.1, 0.15) is 16.9 Å². The summed E-state index contributed by atoms with van der Waals surface area (Å²) in [5.41, 5.74) is -0.802. The van der Waals surface area contributed by atoms with E-state index in [1.54, 1.807) is 27.7 Å². The van der Waals surface area contributed by atoms with E-state index in [-0.39, 0.29) is 24.2 Å². The van der Waals surface area contributed by atoms with Crippen LogP contribution >= 0.6 is 0 Å². The van der Waals surface area contributed by atoms with E-state index in [9.17, 15) is 18.0 Å². The molecule has 0 atom stereocenters. The number of rotatable bonds is 6. The van der Waals surface area contributed by atoms with Crippen molar-refractivity contribution in [2.75, 3.05) is 24.2 Å². The number of carbonyl (C=O) groups is 1. The molecule has 0 fully saturated rings. The van der Waals surface area contributed by atoms with Crippen LogP contribution in [0.2, 0.25) is 0 Å². The highest BCUT2D eigenvalue weighted by Crippen LogP contribution is 2.34. The Morgan fingerprint density at radius 3 is 2.48 bits per heavy atom. The van der Waals surface area contributed by atoms with E-state index < -0.39 is 17.3 Å². The van der Waals surface area contributed by atoms with Crippen LogP contribution in [0.25, 0.3) is 0 Å². The lowest BCUT2D eigenvalue weighted by molar-refractivity contribution is -0.137. The van der Waals surface area contributed by atoms with Gasteiger partial charge in [0.15, 0.2) is 0 Å². The second kappa shape index (κ2) is 7.41. The Labute approximate surface area is 154 Å². The summed E-state index contributed by atoms with van der Waals surface area (Å²) in [6, 6.07) is 0. The Balaban J connectivity index is 2.36. The molecule has 2 rings (SSSR count). The molecule has 11 heteroatoms. The van der Waals surface area contributed by atoms with Crippen molar-refractivity contribution >= 4 is 23.4 Å². The summed E-state index contributed by atoms with van der Waals surface area (Å²) in [5.74, 6) is -0.557. The van der Waals surface area contributed by atoms with Crippen LogP contribution < -0.4 is 16.0 Å². The van der Waals surface area contributed by atoms with Gasteiger partial charge in [-0.15, -0.1) is 0 Å². The van der Waals surface area contributed by atoms with Gasteiger partial charge in [0, 0.05) is 19.8 Å². The van der Waals surface area contributed by atoms with Crippen LogP contribution in [0.4, 0.5) is 30.6 Å². The van der Waals surface area contributed by atoms with Gasteiger partial charge in [0.25, 0.3) is 0 Å². The van der Waals surface area contributed by atoms with Gasteiger partial charge >= 0.3 is 6.18 Å². The maximum absolute atomic E-state index is 13.0. The molecule has 0 unspecified atom stereocenters. The summed E-state index contributed by atoms with van der Waals surface area (Å²) in [4.78, 5) is 19.7. The third-order valence-corrected chi connectivity index (χ3v) is 4.01. The minimum absolute atomic E-state index is 0.0145. The van der Waals surface area contributed by atoms with Gasteiger partial charge in [-0.3, -0.25) is 9.48 Å². The SMILES string of the molecule is CCNc1nc(Nc2cnn(C(C)(C)C(=O)NC)c2C)ncc1C(F)(F)F. The van der Waals surface area contributed by atoms with Gasteiger partial charge < -0.3 is 16.0 Å². The van der Waals surface area contributed by atoms with Gasteiger partial charge in [0.2, 0.25) is 11.9 Å². The first-order valence-corrected chi connectivity index (χ1v) is 8.24. The van der Waals surface area contributed by atoms with E-state index in [0.29, 0.717) is 11.4 Å². The van der Waals surface area contributed by atoms with Gasteiger partial charge in [-0.05, 0) is 27.7 Å². The van der Waals surface area contributed by atoms with Crippen molar-refractivity contribution in [2.45, 2.75) is 39.4 Å². The lowest BCUT2D eigenvalue weighted by atomic mass is 10.0. The molecule has 0 spiro atoms. The number of halogens is 3. The largest absolute Gasteiger partial charge is 0.421 e. The van der Waals surface area contributed by atoms with Crippen molar-refractivity contribution in [3.8, 4) is 0 Å². The molecule has 3 N–H and O–H groups in total. The van der Waals surface area contributed by atoms with Gasteiger partial charge in [-0.25, -0.2) is 4.98 Å². The van der Waals surface area contributed by atoms with E-state index in [1.807, 2.05) is 0 Å². The first-order valence-electron chi connectivity index (χ1n) is 8.24. The number of anilines is 3. The van der Waals surface area contributed by atoms with Crippen molar-refractivity contribution < 1.29 is 18.0 Å². The molecule has 148 valence electrons. The van der Waals surface area contributed by atoms with E-state index in [0.717, 1.165) is 6.20 Å². The number of likely N-dealkylation sites (N-methyl/N-ethyl adjacent to an activating group) is 1. The third-order valence-electron chi connectivity index (χ3n) is 4.01. The molecule has 0 bridgehead atoms. The standard InChI is InChI=1S/C16H22F3N7O/c1-6-21-12-10(16(17,18)19)7-22-14(25-12)24-11-8-23-26(9(11)2)15(3,4)13(27)20-5/h7-8H,6H2,1-5H3,(H,20,27)(H2,21,22,24,25). The predicted octanol–water partition coefficient (Wildman–Crippen LogP) is 2.66. The summed E-state index contributed by atoms with van der Waals surface area (Å²) in [6.45, 7) is 7.08. The topological polar surface area (TPSA) is 96.8 Å². The Morgan fingerprint density at radius 1 is 1.26 bits per heavy atom. The molecule has 0 aliphatic heterocycles. The molecule has 1 amide bonds. The van der Waals surface area contributed by atoms with Crippen LogP contribution in [0.15, 0.2) is 12.4 Å². The second-order valence-corrected chi connectivity index (χ2v) is 6.30. The normalized spacial score (nSPS) is 12.0. The van der Waals surface area contributed by atoms with Crippen LogP contribution in [0, 0.1) is 6.92 Å². The highest BCUT2D eigenvalue weighted by atomic mass is 19.4. The number of hydrogen-bond donors (Lipinski definition) is 3. The molecule has 0 saturated carbocycles. The monoisotopic (exact) mass is 385 g/mol. The molecular weight excluding hydrogens is 363 g/mol. The summed E-state index contributed by atoms with van der Waals surface area (Å²) < 4.78 is 40.7. The maximum atomic E-state index is 13.0. The van der Waals surface area contributed by atoms with Crippen molar-refractivity contribution in [3.63, 3.8) is 0 Å². The zero-order chi connectivity index (χ0) is 20.4. The minimum Gasteiger partial charge on any atom is -0.370 e. The Hall–Kier alpha value is -2.85. The quantitative estimate of drug-likeness (QED) is 0.707. The van der Waals surface area contributed by atoms with Gasteiger partial charge in [-0.2, -0.15) is 23.3 Å². The molecule has 27 heavy (non-hydrogen) atoms. The number of nitrogens with zero attached hydrogens (tertiary/aromatic N) is 4. The molecular formula is C16H22F3N7O. The van der Waals surface area contributed by atoms with E-state index in [4.69, 9.17) is 0 Å². The van der Waals surface area contributed by atoms with Crippen molar-refractivity contribution in [1.82, 2.24) is 25.1 Å². The predicted molar refractivity (Wildman–Crippen MR) is 94.8 cm³/mol. The van der Waals surface area contributed by atoms with Crippen LogP contribution in [0.3, 0.4) is 0 Å². The maximum Gasteiger partial charge on any atom is 0.421 e. The van der Waals surface area contributed by atoms with Crippen molar-refractivity contribution in [2.24, 2.45) is 0 Å². The first-order chi connectivity index (χ1) is 12.5. The number of nitrogens with one attached hydrogen (secondary N) is 3. The molecule has 0 aliphatic carbocycles. The lowest BCUT2D eigenvalue weighted by Crippen LogP contribution is -2.44. The zero-order valence-electron chi connectivity index (χ0n) is 15.7. The number of hydrogen-bond acceptors (Lipinski definition) is 6. The van der Waals surface area contributed by atoms with E-state index in [2.05, 4.69) is 31.0 Å². The highest BCUT2D eigenvalue weighted by Gasteiger charge is 2.35. The fourth-order valence-corrected chi connectivity index (χ4v) is 2.57. The van der Waals surface area contributed by atoms with Crippen LogP contribution in [0.5, 0.6) is 0 Å². The molecule has 8 nitrogen and oxygen atoms in total. The number of alkyl halides is 3. The molecule has 0 saturated heterocycles. The fraction of sp³-hybridized carbons (Fsp3) is 0.500. The lowest BCUT2D eigenvalue weighted by Gasteiger charge is -2.25. The van der Waals surface area contributed by atoms with Crippen molar-refractivity contribution in [3.05, 3.63) is 23.7 Å². The summed E-state index contributed by atoms with van der Waals surface area (Å²) >= 11 is 0. The van der Waals surface area contributed by atoms with Gasteiger partial charge in [-0.1, -0.05) is 0 Å². The highest BCUT2D eigenvalue weighted by molar-refractivity contribution is 5.83. The summed E-state index contributed by atoms with van der Waals surface area (Å²) in [6.07, 6.45) is -2.37. The molecule has 0 aromatic carbocycles. The van der Waals surface area contributed by atoms with E-state index in [1.165, 1.54) is 17.9 Å². The Kier molecular flexibility index (Phi) is 5.62. The Bertz CT molecular complexity index is 830. The number of amides is 1. The molecule has 2 aromatic heterocycles. The smallest absolute Gasteiger partial charge is 0.370 e. The number of carbonyl (C=O) groups excluding carboxylic acids is 1. The summed E-state index contributed by atoms with van der Waals surface area (Å²) in [5, 5.41) is 12.2. The first kappa shape index (κ1) is 20.5. The van der Waals surface area contributed by atoms with Crippen LogP contribution in [-0.2, 0) is 16.5 Å². The fourth-order valence-electron chi connectivity index (χ4n) is 2.57. The van der Waals surface area contributed by atoms with Crippen LogP contribution in [-0.4, -0.2) is 39.2 Å². The van der Waals surface area contributed by atoms with E-state index >= 15 is 0 Å². The second-order valence-electron chi connectivity index (χ2n) is 6.30. The van der Waals surface area contributed by atoms with Crippen LogP contribution in [0.1, 0.15) is 32.0 Å². The molecule has 2 heterocycles. The average molecular weight is 385 g/mol. The summed E-state index contributed by atoms with van der Waals surface area (Å²) in [7, 11) is 1.53. The number of aromatic nitrogens is 4. The zero-order valence-corrected chi connectivity index (χ0v) is 15.7. The van der Waals surface area contributed by atoms with Gasteiger partial charge in [0.05, 0.1) is 17.6 Å².